The van der Waals surface area contributed by atoms with E-state index in [2.05, 4.69) is 15.7 Å². The highest BCUT2D eigenvalue weighted by Gasteiger charge is 2.20. The summed E-state index contributed by atoms with van der Waals surface area (Å²) in [5, 5.41) is 10.0. The Bertz CT molecular complexity index is 1070. The molecule has 9 nitrogen and oxygen atoms in total. The largest absolute Gasteiger partial charge is 0.493 e. The lowest BCUT2D eigenvalue weighted by Gasteiger charge is -2.10. The number of amides is 2. The van der Waals surface area contributed by atoms with Gasteiger partial charge in [-0.15, -0.1) is 0 Å². The van der Waals surface area contributed by atoms with E-state index < -0.39 is 6.09 Å². The van der Waals surface area contributed by atoms with Crippen molar-refractivity contribution in [2.75, 3.05) is 33.9 Å². The maximum Gasteiger partial charge on any atom is 0.407 e. The highest BCUT2D eigenvalue weighted by molar-refractivity contribution is 6.00. The third-order valence-electron chi connectivity index (χ3n) is 4.59. The number of aromatic nitrogens is 2. The molecule has 2 amide bonds. The summed E-state index contributed by atoms with van der Waals surface area (Å²) in [6.07, 6.45) is 1.15. The van der Waals surface area contributed by atoms with Crippen molar-refractivity contribution in [3.05, 3.63) is 60.3 Å². The summed E-state index contributed by atoms with van der Waals surface area (Å²) in [6, 6.07) is 14.9. The second-order valence-electron chi connectivity index (χ2n) is 6.64. The quantitative estimate of drug-likeness (QED) is 0.498. The van der Waals surface area contributed by atoms with E-state index in [4.69, 9.17) is 14.2 Å². The van der Waals surface area contributed by atoms with Crippen LogP contribution in [0.25, 0.3) is 16.9 Å². The van der Waals surface area contributed by atoms with Crippen LogP contribution in [-0.4, -0.2) is 55.7 Å². The lowest BCUT2D eigenvalue weighted by atomic mass is 10.1. The van der Waals surface area contributed by atoms with Crippen molar-refractivity contribution in [3.63, 3.8) is 0 Å². The van der Waals surface area contributed by atoms with Gasteiger partial charge in [0.2, 0.25) is 0 Å². The molecule has 9 heteroatoms. The molecule has 2 aromatic carbocycles. The van der Waals surface area contributed by atoms with Gasteiger partial charge in [0, 0.05) is 24.8 Å². The van der Waals surface area contributed by atoms with Gasteiger partial charge >= 0.3 is 6.09 Å². The summed E-state index contributed by atoms with van der Waals surface area (Å²) >= 11 is 0. The summed E-state index contributed by atoms with van der Waals surface area (Å²) in [4.78, 5) is 24.4. The van der Waals surface area contributed by atoms with E-state index in [1.54, 1.807) is 44.2 Å². The molecule has 0 saturated carbocycles. The van der Waals surface area contributed by atoms with Crippen LogP contribution in [-0.2, 0) is 4.74 Å². The zero-order valence-corrected chi connectivity index (χ0v) is 18.3. The Labute approximate surface area is 186 Å². The molecule has 0 aliphatic rings. The Morgan fingerprint density at radius 3 is 2.38 bits per heavy atom. The summed E-state index contributed by atoms with van der Waals surface area (Å²) in [6.45, 7) is 2.48. The van der Waals surface area contributed by atoms with E-state index in [0.717, 1.165) is 5.69 Å². The number of rotatable bonds is 9. The molecule has 32 heavy (non-hydrogen) atoms. The molecule has 3 aromatic rings. The van der Waals surface area contributed by atoms with Crippen molar-refractivity contribution in [1.82, 2.24) is 20.4 Å². The van der Waals surface area contributed by atoms with Gasteiger partial charge in [0.1, 0.15) is 5.69 Å². The number of nitrogens with one attached hydrogen (secondary N) is 2. The molecule has 0 aliphatic carbocycles. The number of benzene rings is 2. The molecule has 2 N–H and O–H groups in total. The predicted octanol–water partition coefficient (Wildman–Crippen LogP) is 3.03. The first kappa shape index (κ1) is 22.7. The van der Waals surface area contributed by atoms with Crippen LogP contribution in [0.2, 0.25) is 0 Å². The van der Waals surface area contributed by atoms with Gasteiger partial charge in [-0.25, -0.2) is 9.48 Å². The second-order valence-corrected chi connectivity index (χ2v) is 6.64. The van der Waals surface area contributed by atoms with Gasteiger partial charge < -0.3 is 24.8 Å². The van der Waals surface area contributed by atoms with Crippen LogP contribution in [0.4, 0.5) is 4.79 Å². The normalized spacial score (nSPS) is 10.3. The molecule has 0 spiro atoms. The average molecular weight is 438 g/mol. The molecule has 0 radical (unpaired) electrons. The Balaban J connectivity index is 1.88. The van der Waals surface area contributed by atoms with Gasteiger partial charge in [0.15, 0.2) is 11.5 Å². The average Bonchev–Trinajstić information content (AvgIpc) is 3.27. The van der Waals surface area contributed by atoms with Gasteiger partial charge in [0.05, 0.1) is 32.1 Å². The fourth-order valence-electron chi connectivity index (χ4n) is 3.07. The number of hydrogen-bond donors (Lipinski definition) is 2. The lowest BCUT2D eigenvalue weighted by molar-refractivity contribution is 0.0953. The minimum absolute atomic E-state index is 0.236. The van der Waals surface area contributed by atoms with Crippen molar-refractivity contribution in [2.45, 2.75) is 6.92 Å². The third-order valence-corrected chi connectivity index (χ3v) is 4.59. The molecule has 0 fully saturated rings. The second kappa shape index (κ2) is 10.9. The number of ether oxygens (including phenoxy) is 3. The number of carbonyl (C=O) groups excluding carboxylic acids is 2. The van der Waals surface area contributed by atoms with Crippen molar-refractivity contribution in [2.24, 2.45) is 0 Å². The maximum atomic E-state index is 13.0. The summed E-state index contributed by atoms with van der Waals surface area (Å²) in [5.41, 5.74) is 2.40. The maximum absolute atomic E-state index is 13.0. The highest BCUT2D eigenvalue weighted by atomic mass is 16.5. The number of alkyl carbamates (subject to hydrolysis) is 1. The topological polar surface area (TPSA) is 104 Å². The summed E-state index contributed by atoms with van der Waals surface area (Å²) < 4.78 is 17.2. The summed E-state index contributed by atoms with van der Waals surface area (Å²) in [7, 11) is 3.11. The number of nitrogens with zero attached hydrogens (tertiary/aromatic N) is 2. The first-order chi connectivity index (χ1) is 15.6. The Morgan fingerprint density at radius 2 is 1.69 bits per heavy atom. The first-order valence-corrected chi connectivity index (χ1v) is 10.1. The van der Waals surface area contributed by atoms with Gasteiger partial charge in [-0.1, -0.05) is 18.2 Å². The first-order valence-electron chi connectivity index (χ1n) is 10.1. The fraction of sp³-hybridized carbons (Fsp3) is 0.261. The minimum atomic E-state index is -0.523. The van der Waals surface area contributed by atoms with E-state index in [1.165, 1.54) is 0 Å². The lowest BCUT2D eigenvalue weighted by Crippen LogP contribution is -2.35. The Hall–Kier alpha value is -4.01. The van der Waals surface area contributed by atoms with Crippen LogP contribution < -0.4 is 20.1 Å². The van der Waals surface area contributed by atoms with Crippen LogP contribution in [0, 0.1) is 0 Å². The van der Waals surface area contributed by atoms with Crippen LogP contribution in [0.15, 0.2) is 54.7 Å². The van der Waals surface area contributed by atoms with Gasteiger partial charge in [-0.05, 0) is 37.3 Å². The van der Waals surface area contributed by atoms with Crippen LogP contribution in [0.5, 0.6) is 11.5 Å². The molecule has 3 rings (SSSR count). The highest BCUT2D eigenvalue weighted by Crippen LogP contribution is 2.33. The van der Waals surface area contributed by atoms with Crippen molar-refractivity contribution in [3.8, 4) is 28.4 Å². The van der Waals surface area contributed by atoms with E-state index in [0.29, 0.717) is 28.3 Å². The number of para-hydroxylation sites is 1. The Kier molecular flexibility index (Phi) is 7.69. The Morgan fingerprint density at radius 1 is 0.969 bits per heavy atom. The SMILES string of the molecule is CCOC(=O)NCCNC(=O)c1cn(-c2ccccc2)nc1-c1ccc(OC)c(OC)c1. The van der Waals surface area contributed by atoms with Crippen LogP contribution >= 0.6 is 0 Å². The molecule has 0 unspecified atom stereocenters. The van der Waals surface area contributed by atoms with Gasteiger partial charge in [0.25, 0.3) is 5.91 Å². The molecular formula is C23H26N4O5. The molecule has 1 heterocycles. The van der Waals surface area contributed by atoms with E-state index in [1.807, 2.05) is 36.4 Å². The van der Waals surface area contributed by atoms with Crippen molar-refractivity contribution >= 4 is 12.0 Å². The summed E-state index contributed by atoms with van der Waals surface area (Å²) in [5.74, 6) is 0.793. The number of carbonyl (C=O) groups is 2. The van der Waals surface area contributed by atoms with Crippen molar-refractivity contribution in [1.29, 1.82) is 0 Å². The zero-order chi connectivity index (χ0) is 22.9. The number of hydrogen-bond acceptors (Lipinski definition) is 6. The van der Waals surface area contributed by atoms with E-state index >= 15 is 0 Å². The molecule has 1 aromatic heterocycles. The fourth-order valence-corrected chi connectivity index (χ4v) is 3.07. The van der Waals surface area contributed by atoms with Gasteiger partial charge in [-0.3, -0.25) is 4.79 Å². The molecule has 168 valence electrons. The zero-order valence-electron chi connectivity index (χ0n) is 18.3. The van der Waals surface area contributed by atoms with Crippen molar-refractivity contribution < 1.29 is 23.8 Å². The monoisotopic (exact) mass is 438 g/mol. The molecule has 0 bridgehead atoms. The van der Waals surface area contributed by atoms with E-state index in [-0.39, 0.29) is 25.6 Å². The smallest absolute Gasteiger partial charge is 0.407 e. The van der Waals surface area contributed by atoms with E-state index in [9.17, 15) is 9.59 Å². The van der Waals surface area contributed by atoms with Gasteiger partial charge in [-0.2, -0.15) is 5.10 Å². The molecule has 0 saturated heterocycles. The third kappa shape index (κ3) is 5.37. The molecule has 0 aliphatic heterocycles. The standard InChI is InChI=1S/C23H26N4O5/c1-4-32-23(29)25-13-12-24-22(28)18-15-27(17-8-6-5-7-9-17)26-21(18)16-10-11-19(30-2)20(14-16)31-3/h5-11,14-15H,4,12-13H2,1-3H3,(H,24,28)(H,25,29). The van der Waals surface area contributed by atoms with Crippen LogP contribution in [0.1, 0.15) is 17.3 Å². The minimum Gasteiger partial charge on any atom is -0.493 e. The predicted molar refractivity (Wildman–Crippen MR) is 119 cm³/mol. The number of methoxy groups -OCH3 is 2. The van der Waals surface area contributed by atoms with Crippen LogP contribution in [0.3, 0.4) is 0 Å². The molecule has 0 atom stereocenters. The molecular weight excluding hydrogens is 412 g/mol.